The Hall–Kier alpha value is -0.610. The molecule has 0 aromatic rings. The maximum absolute atomic E-state index is 11.8. The minimum Gasteiger partial charge on any atom is -0.382 e. The minimum atomic E-state index is 0.175. The smallest absolute Gasteiger partial charge is 0.222 e. The first-order valence-corrected chi connectivity index (χ1v) is 5.67. The van der Waals surface area contributed by atoms with Gasteiger partial charge >= 0.3 is 0 Å². The predicted octanol–water partition coefficient (Wildman–Crippen LogP) is 0.622. The van der Waals surface area contributed by atoms with Crippen LogP contribution < -0.4 is 5.32 Å². The second-order valence-corrected chi connectivity index (χ2v) is 4.28. The van der Waals surface area contributed by atoms with E-state index in [-0.39, 0.29) is 12.0 Å². The number of hydrogen-bond acceptors (Lipinski definition) is 3. The molecule has 0 saturated carbocycles. The summed E-state index contributed by atoms with van der Waals surface area (Å²) >= 11 is 0. The second-order valence-electron chi connectivity index (χ2n) is 4.28. The summed E-state index contributed by atoms with van der Waals surface area (Å²) in [7, 11) is 1.68. The summed E-state index contributed by atoms with van der Waals surface area (Å²) in [4.78, 5) is 13.8. The molecule has 1 rings (SSSR count). The highest BCUT2D eigenvalue weighted by Gasteiger charge is 2.20. The number of carbonyl (C=O) groups is 1. The molecule has 0 radical (unpaired) electrons. The highest BCUT2D eigenvalue weighted by Crippen LogP contribution is 2.06. The first-order chi connectivity index (χ1) is 7.13. The highest BCUT2D eigenvalue weighted by molar-refractivity contribution is 5.76. The molecule has 2 atom stereocenters. The van der Waals surface area contributed by atoms with Crippen molar-refractivity contribution in [3.8, 4) is 0 Å². The Morgan fingerprint density at radius 2 is 2.40 bits per heavy atom. The molecule has 88 valence electrons. The molecular formula is C11H22N2O2. The van der Waals surface area contributed by atoms with E-state index in [4.69, 9.17) is 4.74 Å². The maximum atomic E-state index is 11.8. The molecule has 2 unspecified atom stereocenters. The zero-order valence-corrected chi connectivity index (χ0v) is 9.95. The number of ether oxygens (including phenoxy) is 1. The van der Waals surface area contributed by atoms with Gasteiger partial charge in [0, 0.05) is 39.2 Å². The van der Waals surface area contributed by atoms with Crippen LogP contribution in [0.2, 0.25) is 0 Å². The van der Waals surface area contributed by atoms with Gasteiger partial charge < -0.3 is 15.0 Å². The van der Waals surface area contributed by atoms with Crippen molar-refractivity contribution < 1.29 is 9.53 Å². The van der Waals surface area contributed by atoms with Gasteiger partial charge in [0.25, 0.3) is 0 Å². The zero-order chi connectivity index (χ0) is 11.3. The van der Waals surface area contributed by atoms with Crippen molar-refractivity contribution in [1.82, 2.24) is 10.2 Å². The lowest BCUT2D eigenvalue weighted by Crippen LogP contribution is -2.51. The standard InChI is InChI=1S/C11H22N2O2/c1-9-8-13(7-6-12-9)11(14)5-4-10(2)15-3/h9-10,12H,4-8H2,1-3H3. The van der Waals surface area contributed by atoms with Crippen LogP contribution in [0.1, 0.15) is 26.7 Å². The van der Waals surface area contributed by atoms with Crippen LogP contribution >= 0.6 is 0 Å². The first kappa shape index (κ1) is 12.5. The molecule has 0 bridgehead atoms. The molecule has 1 aliphatic rings. The van der Waals surface area contributed by atoms with Crippen molar-refractivity contribution in [2.24, 2.45) is 0 Å². The van der Waals surface area contributed by atoms with Gasteiger partial charge in [-0.1, -0.05) is 0 Å². The van der Waals surface area contributed by atoms with Crippen molar-refractivity contribution in [2.45, 2.75) is 38.8 Å². The highest BCUT2D eigenvalue weighted by atomic mass is 16.5. The van der Waals surface area contributed by atoms with Gasteiger partial charge in [0.1, 0.15) is 0 Å². The third kappa shape index (κ3) is 4.18. The number of methoxy groups -OCH3 is 1. The van der Waals surface area contributed by atoms with Crippen LogP contribution in [-0.2, 0) is 9.53 Å². The molecule has 0 aromatic heterocycles. The molecule has 1 aliphatic heterocycles. The monoisotopic (exact) mass is 214 g/mol. The molecule has 1 fully saturated rings. The number of amides is 1. The van der Waals surface area contributed by atoms with Gasteiger partial charge in [-0.25, -0.2) is 0 Å². The molecule has 15 heavy (non-hydrogen) atoms. The van der Waals surface area contributed by atoms with Crippen molar-refractivity contribution in [3.05, 3.63) is 0 Å². The van der Waals surface area contributed by atoms with Gasteiger partial charge in [-0.15, -0.1) is 0 Å². The summed E-state index contributed by atoms with van der Waals surface area (Å²) in [6, 6.07) is 0.419. The van der Waals surface area contributed by atoms with Crippen LogP contribution in [0.15, 0.2) is 0 Å². The fraction of sp³-hybridized carbons (Fsp3) is 0.909. The van der Waals surface area contributed by atoms with Crippen molar-refractivity contribution in [2.75, 3.05) is 26.7 Å². The Morgan fingerprint density at radius 3 is 3.00 bits per heavy atom. The molecule has 1 N–H and O–H groups in total. The molecule has 0 spiro atoms. The van der Waals surface area contributed by atoms with E-state index in [0.717, 1.165) is 26.1 Å². The van der Waals surface area contributed by atoms with Gasteiger partial charge in [-0.3, -0.25) is 4.79 Å². The maximum Gasteiger partial charge on any atom is 0.222 e. The fourth-order valence-corrected chi connectivity index (χ4v) is 1.76. The van der Waals surface area contributed by atoms with Gasteiger partial charge in [-0.05, 0) is 20.3 Å². The Balaban J connectivity index is 2.26. The molecule has 4 heteroatoms. The Bertz CT molecular complexity index is 209. The molecular weight excluding hydrogens is 192 g/mol. The molecule has 0 aromatic carbocycles. The molecule has 1 amide bonds. The summed E-state index contributed by atoms with van der Waals surface area (Å²) in [6.07, 6.45) is 1.59. The van der Waals surface area contributed by atoms with E-state index in [9.17, 15) is 4.79 Å². The zero-order valence-electron chi connectivity index (χ0n) is 9.95. The van der Waals surface area contributed by atoms with Gasteiger partial charge in [0.05, 0.1) is 6.10 Å². The van der Waals surface area contributed by atoms with Crippen molar-refractivity contribution in [3.63, 3.8) is 0 Å². The first-order valence-electron chi connectivity index (χ1n) is 5.67. The molecule has 4 nitrogen and oxygen atoms in total. The Morgan fingerprint density at radius 1 is 1.67 bits per heavy atom. The summed E-state index contributed by atoms with van der Waals surface area (Å²) < 4.78 is 5.13. The number of hydrogen-bond donors (Lipinski definition) is 1. The van der Waals surface area contributed by atoms with Crippen molar-refractivity contribution >= 4 is 5.91 Å². The topological polar surface area (TPSA) is 41.6 Å². The van der Waals surface area contributed by atoms with E-state index in [1.54, 1.807) is 7.11 Å². The lowest BCUT2D eigenvalue weighted by atomic mass is 10.1. The molecule has 1 heterocycles. The summed E-state index contributed by atoms with van der Waals surface area (Å²) in [5, 5.41) is 3.32. The third-order valence-electron chi connectivity index (χ3n) is 2.89. The van der Waals surface area contributed by atoms with Crippen molar-refractivity contribution in [1.29, 1.82) is 0 Å². The normalized spacial score (nSPS) is 23.9. The van der Waals surface area contributed by atoms with Crippen LogP contribution in [0.25, 0.3) is 0 Å². The molecule has 0 aliphatic carbocycles. The van der Waals surface area contributed by atoms with Crippen LogP contribution in [-0.4, -0.2) is 49.7 Å². The van der Waals surface area contributed by atoms with Gasteiger partial charge in [0.2, 0.25) is 5.91 Å². The van der Waals surface area contributed by atoms with E-state index in [2.05, 4.69) is 12.2 Å². The van der Waals surface area contributed by atoms with Crippen LogP contribution in [0, 0.1) is 0 Å². The third-order valence-corrected chi connectivity index (χ3v) is 2.89. The number of rotatable bonds is 4. The SMILES string of the molecule is COC(C)CCC(=O)N1CCNC(C)C1. The average Bonchev–Trinajstić information content (AvgIpc) is 2.25. The largest absolute Gasteiger partial charge is 0.382 e. The Kier molecular flexibility index (Phi) is 5.05. The number of nitrogens with one attached hydrogen (secondary N) is 1. The van der Waals surface area contributed by atoms with Gasteiger partial charge in [-0.2, -0.15) is 0 Å². The number of carbonyl (C=O) groups excluding carboxylic acids is 1. The quantitative estimate of drug-likeness (QED) is 0.746. The number of piperazine rings is 1. The van der Waals surface area contributed by atoms with E-state index in [0.29, 0.717) is 12.5 Å². The predicted molar refractivity (Wildman–Crippen MR) is 59.7 cm³/mol. The fourth-order valence-electron chi connectivity index (χ4n) is 1.76. The minimum absolute atomic E-state index is 0.175. The van der Waals surface area contributed by atoms with Crippen LogP contribution in [0.5, 0.6) is 0 Å². The second kappa shape index (κ2) is 6.08. The summed E-state index contributed by atoms with van der Waals surface area (Å²) in [5.41, 5.74) is 0. The van der Waals surface area contributed by atoms with E-state index >= 15 is 0 Å². The van der Waals surface area contributed by atoms with Crippen LogP contribution in [0.3, 0.4) is 0 Å². The van der Waals surface area contributed by atoms with Crippen LogP contribution in [0.4, 0.5) is 0 Å². The summed E-state index contributed by atoms with van der Waals surface area (Å²) in [5.74, 6) is 0.257. The molecule has 1 saturated heterocycles. The van der Waals surface area contributed by atoms with E-state index in [1.165, 1.54) is 0 Å². The number of nitrogens with zero attached hydrogens (tertiary/aromatic N) is 1. The van der Waals surface area contributed by atoms with E-state index in [1.807, 2.05) is 11.8 Å². The lowest BCUT2D eigenvalue weighted by Gasteiger charge is -2.32. The average molecular weight is 214 g/mol. The van der Waals surface area contributed by atoms with E-state index < -0.39 is 0 Å². The Labute approximate surface area is 92.0 Å². The summed E-state index contributed by atoms with van der Waals surface area (Å²) in [6.45, 7) is 6.68. The lowest BCUT2D eigenvalue weighted by molar-refractivity contribution is -0.132. The van der Waals surface area contributed by atoms with Gasteiger partial charge in [0.15, 0.2) is 0 Å².